The molecule has 6 rings (SSSR count). The summed E-state index contributed by atoms with van der Waals surface area (Å²) < 4.78 is 1.53. The van der Waals surface area contributed by atoms with E-state index in [-0.39, 0.29) is 52.6 Å². The molecule has 0 spiro atoms. The first-order valence-corrected chi connectivity index (χ1v) is 15.8. The van der Waals surface area contributed by atoms with Crippen LogP contribution < -0.4 is 16.2 Å². The number of aromatic nitrogens is 3. The molecule has 6 aromatic rings. The SMILES string of the molecule is Cn1nc(C(=O)NCc2ccc(CNCC(O)c3ccc(O)c4[nH]c(=O)ccc34)cc2)cc1-c1cccc(C(O)(C(=O)O)c2ccccc2)c1. The number of nitrogens with zero attached hydrogens (tertiary/aromatic N) is 2. The quantitative estimate of drug-likeness (QED) is 0.102. The Morgan fingerprint density at radius 3 is 2.30 bits per heavy atom. The summed E-state index contributed by atoms with van der Waals surface area (Å²) >= 11 is 0. The highest BCUT2D eigenvalue weighted by molar-refractivity contribution is 5.93. The number of carbonyl (C=O) groups excluding carboxylic acids is 1. The third kappa shape index (κ3) is 6.89. The Kier molecular flexibility index (Phi) is 9.59. The summed E-state index contributed by atoms with van der Waals surface area (Å²) in [5, 5.41) is 53.2. The fraction of sp³-hybridized carbons (Fsp3) is 0.158. The van der Waals surface area contributed by atoms with Crippen LogP contribution in [0.4, 0.5) is 0 Å². The fourth-order valence-corrected chi connectivity index (χ4v) is 5.91. The number of aliphatic hydroxyl groups excluding tert-OH is 1. The number of amides is 1. The smallest absolute Gasteiger partial charge is 0.345 e. The van der Waals surface area contributed by atoms with Crippen molar-refractivity contribution in [3.05, 3.63) is 153 Å². The summed E-state index contributed by atoms with van der Waals surface area (Å²) in [5.41, 5.74) is 1.78. The average molecular weight is 674 g/mol. The number of aliphatic hydroxyl groups is 2. The van der Waals surface area contributed by atoms with Crippen LogP contribution in [0.3, 0.4) is 0 Å². The maximum absolute atomic E-state index is 13.1. The number of aromatic hydroxyl groups is 1. The number of phenolic OH excluding ortho intramolecular Hbond substituents is 1. The third-order valence-electron chi connectivity index (χ3n) is 8.60. The largest absolute Gasteiger partial charge is 0.506 e. The summed E-state index contributed by atoms with van der Waals surface area (Å²) in [4.78, 5) is 39.6. The van der Waals surface area contributed by atoms with Gasteiger partial charge in [0, 0.05) is 49.3 Å². The Morgan fingerprint density at radius 1 is 0.880 bits per heavy atom. The Morgan fingerprint density at radius 2 is 1.58 bits per heavy atom. The van der Waals surface area contributed by atoms with Gasteiger partial charge in [0.05, 0.1) is 17.3 Å². The fourth-order valence-electron chi connectivity index (χ4n) is 5.91. The first-order chi connectivity index (χ1) is 24.0. The lowest BCUT2D eigenvalue weighted by Gasteiger charge is -2.25. The van der Waals surface area contributed by atoms with Gasteiger partial charge in [-0.2, -0.15) is 5.10 Å². The van der Waals surface area contributed by atoms with Gasteiger partial charge in [-0.3, -0.25) is 14.3 Å². The van der Waals surface area contributed by atoms with Gasteiger partial charge in [0.1, 0.15) is 5.75 Å². The number of H-pyrrole nitrogens is 1. The number of carboxylic acid groups (broad SMARTS) is 1. The molecule has 0 bridgehead atoms. The first kappa shape index (κ1) is 33.8. The monoisotopic (exact) mass is 673 g/mol. The van der Waals surface area contributed by atoms with E-state index < -0.39 is 17.7 Å². The van der Waals surface area contributed by atoms with Gasteiger partial charge in [-0.25, -0.2) is 4.79 Å². The lowest BCUT2D eigenvalue weighted by atomic mass is 9.85. The van der Waals surface area contributed by atoms with Gasteiger partial charge < -0.3 is 36.0 Å². The van der Waals surface area contributed by atoms with Crippen LogP contribution in [-0.2, 0) is 30.5 Å². The van der Waals surface area contributed by atoms with E-state index in [1.165, 1.54) is 16.8 Å². The molecule has 2 atom stereocenters. The Hall–Kier alpha value is -6.08. The van der Waals surface area contributed by atoms with E-state index in [4.69, 9.17) is 0 Å². The van der Waals surface area contributed by atoms with Crippen LogP contribution in [0.5, 0.6) is 5.75 Å². The summed E-state index contributed by atoms with van der Waals surface area (Å²) in [5.74, 6) is -1.87. The molecule has 2 heterocycles. The van der Waals surface area contributed by atoms with E-state index in [0.717, 1.165) is 11.1 Å². The van der Waals surface area contributed by atoms with Gasteiger partial charge in [-0.15, -0.1) is 0 Å². The molecule has 1 amide bonds. The van der Waals surface area contributed by atoms with Crippen LogP contribution in [0.2, 0.25) is 0 Å². The van der Waals surface area contributed by atoms with Crippen molar-refractivity contribution in [1.29, 1.82) is 0 Å². The Balaban J connectivity index is 1.06. The number of benzene rings is 4. The van der Waals surface area contributed by atoms with Crippen molar-refractivity contribution < 1.29 is 30.0 Å². The molecule has 2 unspecified atom stereocenters. The second-order valence-electron chi connectivity index (χ2n) is 11.9. The van der Waals surface area contributed by atoms with Crippen LogP contribution >= 0.6 is 0 Å². The normalized spacial score (nSPS) is 13.1. The summed E-state index contributed by atoms with van der Waals surface area (Å²) in [7, 11) is 1.68. The molecule has 0 aliphatic heterocycles. The molecule has 0 fully saturated rings. The number of nitrogens with one attached hydrogen (secondary N) is 3. The van der Waals surface area contributed by atoms with Crippen LogP contribution in [0, 0.1) is 0 Å². The highest BCUT2D eigenvalue weighted by Gasteiger charge is 2.40. The summed E-state index contributed by atoms with van der Waals surface area (Å²) in [6.45, 7) is 0.968. The lowest BCUT2D eigenvalue weighted by Crippen LogP contribution is -2.36. The second-order valence-corrected chi connectivity index (χ2v) is 11.9. The highest BCUT2D eigenvalue weighted by atomic mass is 16.4. The number of rotatable bonds is 12. The summed E-state index contributed by atoms with van der Waals surface area (Å²) in [6, 6.07) is 29.9. The summed E-state index contributed by atoms with van der Waals surface area (Å²) in [6.07, 6.45) is -0.878. The average Bonchev–Trinajstić information content (AvgIpc) is 3.53. The van der Waals surface area contributed by atoms with E-state index in [1.54, 1.807) is 79.8 Å². The van der Waals surface area contributed by atoms with E-state index >= 15 is 0 Å². The lowest BCUT2D eigenvalue weighted by molar-refractivity contribution is -0.155. The van der Waals surface area contributed by atoms with Gasteiger partial charge in [-0.1, -0.05) is 78.9 Å². The van der Waals surface area contributed by atoms with Crippen molar-refractivity contribution in [2.24, 2.45) is 7.05 Å². The third-order valence-corrected chi connectivity index (χ3v) is 8.60. The van der Waals surface area contributed by atoms with E-state index in [1.807, 2.05) is 24.3 Å². The van der Waals surface area contributed by atoms with Crippen molar-refractivity contribution >= 4 is 22.8 Å². The highest BCUT2D eigenvalue weighted by Crippen LogP contribution is 2.33. The van der Waals surface area contributed by atoms with Crippen LogP contribution in [0.1, 0.15) is 44.4 Å². The molecule has 2 aromatic heterocycles. The molecule has 50 heavy (non-hydrogen) atoms. The molecule has 0 saturated heterocycles. The minimum Gasteiger partial charge on any atom is -0.506 e. The Bertz CT molecular complexity index is 2230. The van der Waals surface area contributed by atoms with Crippen molar-refractivity contribution in [1.82, 2.24) is 25.4 Å². The standard InChI is InChI=1S/C38H35N5O7/c1-43-31(25-6-5-9-27(18-25)38(50,37(48)49)26-7-3-2-4-8-26)19-30(42-43)36(47)40-21-24-12-10-23(11-13-24)20-39-22-33(45)28-14-16-32(44)35-29(28)15-17-34(46)41-35/h2-19,33,39,44-45,50H,20-22H2,1H3,(H,40,47)(H,41,46)(H,48,49). The van der Waals surface area contributed by atoms with Gasteiger partial charge in [0.15, 0.2) is 5.69 Å². The first-order valence-electron chi connectivity index (χ1n) is 15.8. The van der Waals surface area contributed by atoms with Crippen LogP contribution in [0.15, 0.2) is 114 Å². The number of aliphatic carboxylic acids is 1. The number of carbonyl (C=O) groups is 2. The molecule has 12 nitrogen and oxygen atoms in total. The number of aromatic amines is 1. The zero-order valence-electron chi connectivity index (χ0n) is 27.0. The van der Waals surface area contributed by atoms with E-state index in [9.17, 15) is 34.8 Å². The van der Waals surface area contributed by atoms with Crippen molar-refractivity contribution in [2.45, 2.75) is 24.8 Å². The maximum Gasteiger partial charge on any atom is 0.345 e. The predicted octanol–water partition coefficient (Wildman–Crippen LogP) is 3.71. The molecule has 4 aromatic carbocycles. The van der Waals surface area contributed by atoms with Crippen molar-refractivity contribution in [2.75, 3.05) is 6.54 Å². The second kappa shape index (κ2) is 14.2. The Labute approximate surface area is 286 Å². The van der Waals surface area contributed by atoms with Crippen LogP contribution in [0.25, 0.3) is 22.2 Å². The topological polar surface area (TPSA) is 190 Å². The minimum absolute atomic E-state index is 0.0679. The zero-order valence-corrected chi connectivity index (χ0v) is 27.0. The number of hydrogen-bond acceptors (Lipinski definition) is 8. The van der Waals surface area contributed by atoms with Gasteiger partial charge >= 0.3 is 5.97 Å². The van der Waals surface area contributed by atoms with Gasteiger partial charge in [0.25, 0.3) is 5.91 Å². The molecule has 7 N–H and O–H groups in total. The maximum atomic E-state index is 13.1. The number of pyridine rings is 1. The number of hydrogen-bond donors (Lipinski definition) is 7. The van der Waals surface area contributed by atoms with Crippen molar-refractivity contribution in [3.8, 4) is 17.0 Å². The molecular weight excluding hydrogens is 638 g/mol. The molecule has 12 heteroatoms. The number of fused-ring (bicyclic) bond motifs is 1. The predicted molar refractivity (Wildman–Crippen MR) is 186 cm³/mol. The molecule has 0 aliphatic rings. The molecular formula is C38H35N5O7. The van der Waals surface area contributed by atoms with E-state index in [0.29, 0.717) is 28.8 Å². The minimum atomic E-state index is -2.27. The van der Waals surface area contributed by atoms with Crippen molar-refractivity contribution in [3.63, 3.8) is 0 Å². The molecule has 254 valence electrons. The molecule has 0 saturated carbocycles. The molecule has 0 aliphatic carbocycles. The van der Waals surface area contributed by atoms with Gasteiger partial charge in [0.2, 0.25) is 11.2 Å². The zero-order chi connectivity index (χ0) is 35.4. The number of aryl methyl sites for hydroxylation is 1. The van der Waals surface area contributed by atoms with Crippen LogP contribution in [-0.4, -0.2) is 53.6 Å². The molecule has 0 radical (unpaired) electrons. The number of phenols is 1. The van der Waals surface area contributed by atoms with Gasteiger partial charge in [-0.05, 0) is 46.5 Å². The van der Waals surface area contributed by atoms with E-state index in [2.05, 4.69) is 20.7 Å². The number of carboxylic acids is 1.